The minimum atomic E-state index is -0.0514. The van der Waals surface area contributed by atoms with Crippen molar-refractivity contribution in [2.24, 2.45) is 5.10 Å². The Kier molecular flexibility index (Phi) is 5.99. The topological polar surface area (TPSA) is 50.7 Å². The van der Waals surface area contributed by atoms with E-state index in [0.717, 1.165) is 22.8 Å². The molecule has 0 spiro atoms. The van der Waals surface area contributed by atoms with Gasteiger partial charge < -0.3 is 4.74 Å². The van der Waals surface area contributed by atoms with E-state index in [1.807, 2.05) is 54.7 Å². The van der Waals surface area contributed by atoms with Crippen LogP contribution in [0.4, 0.5) is 0 Å². The molecule has 0 saturated carbocycles. The summed E-state index contributed by atoms with van der Waals surface area (Å²) < 4.78 is 5.50. The lowest BCUT2D eigenvalue weighted by Gasteiger charge is -2.19. The highest BCUT2D eigenvalue weighted by Crippen LogP contribution is 2.45. The molecule has 2 rings (SSSR count). The van der Waals surface area contributed by atoms with Gasteiger partial charge in [-0.15, -0.1) is 23.5 Å². The zero-order chi connectivity index (χ0) is 15.1. The number of amides is 1. The predicted molar refractivity (Wildman–Crippen MR) is 91.3 cm³/mol. The van der Waals surface area contributed by atoms with E-state index >= 15 is 0 Å². The number of hydrazone groups is 1. The van der Waals surface area contributed by atoms with Crippen LogP contribution in [-0.2, 0) is 4.79 Å². The average Bonchev–Trinajstić information content (AvgIpc) is 2.87. The van der Waals surface area contributed by atoms with E-state index in [2.05, 4.69) is 17.5 Å². The molecule has 6 heteroatoms. The van der Waals surface area contributed by atoms with Crippen LogP contribution < -0.4 is 10.2 Å². The highest BCUT2D eigenvalue weighted by Gasteiger charge is 2.32. The first-order valence-electron chi connectivity index (χ1n) is 6.94. The molecule has 1 saturated heterocycles. The summed E-state index contributed by atoms with van der Waals surface area (Å²) in [6.07, 6.45) is 2.10. The van der Waals surface area contributed by atoms with Crippen LogP contribution in [0.15, 0.2) is 29.4 Å². The number of carbonyl (C=O) groups is 1. The van der Waals surface area contributed by atoms with E-state index in [4.69, 9.17) is 4.74 Å². The Labute approximate surface area is 134 Å². The van der Waals surface area contributed by atoms with Crippen LogP contribution in [0.2, 0.25) is 0 Å². The lowest BCUT2D eigenvalue weighted by Crippen LogP contribution is -2.26. The van der Waals surface area contributed by atoms with Gasteiger partial charge in [0.25, 0.3) is 0 Å². The molecule has 1 fully saturated rings. The molecule has 1 aliphatic heterocycles. The first kappa shape index (κ1) is 16.2. The molecule has 114 valence electrons. The third kappa shape index (κ3) is 4.97. The fourth-order valence-electron chi connectivity index (χ4n) is 2.04. The van der Waals surface area contributed by atoms with Gasteiger partial charge in [-0.1, -0.05) is 12.1 Å². The Morgan fingerprint density at radius 2 is 2.14 bits per heavy atom. The predicted octanol–water partition coefficient (Wildman–Crippen LogP) is 3.12. The van der Waals surface area contributed by atoms with Gasteiger partial charge in [-0.25, -0.2) is 5.43 Å². The summed E-state index contributed by atoms with van der Waals surface area (Å²) >= 11 is 3.68. The fraction of sp³-hybridized carbons (Fsp3) is 0.467. The van der Waals surface area contributed by atoms with Gasteiger partial charge in [-0.05, 0) is 26.0 Å². The highest BCUT2D eigenvalue weighted by atomic mass is 32.2. The van der Waals surface area contributed by atoms with Gasteiger partial charge in [0.05, 0.1) is 23.3 Å². The van der Waals surface area contributed by atoms with Crippen molar-refractivity contribution >= 4 is 35.6 Å². The second-order valence-electron chi connectivity index (χ2n) is 4.77. The molecule has 1 aromatic carbocycles. The van der Waals surface area contributed by atoms with E-state index in [1.165, 1.54) is 0 Å². The summed E-state index contributed by atoms with van der Waals surface area (Å²) in [5, 5.41) is 4.03. The second-order valence-corrected chi connectivity index (χ2v) is 8.23. The van der Waals surface area contributed by atoms with Crippen molar-refractivity contribution in [1.29, 1.82) is 0 Å². The van der Waals surface area contributed by atoms with Crippen LogP contribution in [-0.4, -0.2) is 34.3 Å². The standard InChI is InChI=1S/C15H20N2O2S2/c1-3-19-13-7-5-4-6-12(13)11-16-17-14(18)10-15(2)20-8-9-21-15/h4-7,11H,3,8-10H2,1-2H3,(H,17,18)/b16-11-. The number of benzene rings is 1. The maximum Gasteiger partial charge on any atom is 0.242 e. The van der Waals surface area contributed by atoms with Crippen LogP contribution in [0.3, 0.4) is 0 Å². The summed E-state index contributed by atoms with van der Waals surface area (Å²) in [6, 6.07) is 7.62. The van der Waals surface area contributed by atoms with Crippen LogP contribution in [0.1, 0.15) is 25.8 Å². The average molecular weight is 324 g/mol. The van der Waals surface area contributed by atoms with Crippen molar-refractivity contribution in [3.05, 3.63) is 29.8 Å². The molecule has 1 amide bonds. The lowest BCUT2D eigenvalue weighted by molar-refractivity contribution is -0.121. The normalized spacial score (nSPS) is 17.0. The Bertz CT molecular complexity index is 514. The molecule has 1 aromatic rings. The molecule has 0 radical (unpaired) electrons. The van der Waals surface area contributed by atoms with Crippen molar-refractivity contribution in [3.8, 4) is 5.75 Å². The summed E-state index contributed by atoms with van der Waals surface area (Å²) in [4.78, 5) is 11.9. The monoisotopic (exact) mass is 324 g/mol. The van der Waals surface area contributed by atoms with Crippen molar-refractivity contribution in [3.63, 3.8) is 0 Å². The maximum absolute atomic E-state index is 11.9. The summed E-state index contributed by atoms with van der Waals surface area (Å²) in [6.45, 7) is 4.65. The molecule has 1 N–H and O–H groups in total. The molecule has 0 bridgehead atoms. The largest absolute Gasteiger partial charge is 0.493 e. The molecular weight excluding hydrogens is 304 g/mol. The number of ether oxygens (including phenoxy) is 1. The Morgan fingerprint density at radius 3 is 2.86 bits per heavy atom. The van der Waals surface area contributed by atoms with Gasteiger partial charge in [0.15, 0.2) is 0 Å². The number of thioether (sulfide) groups is 2. The quantitative estimate of drug-likeness (QED) is 0.645. The van der Waals surface area contributed by atoms with E-state index in [1.54, 1.807) is 6.21 Å². The van der Waals surface area contributed by atoms with Gasteiger partial charge in [0.2, 0.25) is 5.91 Å². The van der Waals surface area contributed by atoms with Crippen molar-refractivity contribution < 1.29 is 9.53 Å². The molecule has 0 aliphatic carbocycles. The molecule has 1 aliphatic rings. The second kappa shape index (κ2) is 7.75. The van der Waals surface area contributed by atoms with Gasteiger partial charge >= 0.3 is 0 Å². The molecule has 0 atom stereocenters. The summed E-state index contributed by atoms with van der Waals surface area (Å²) in [5.41, 5.74) is 3.46. The third-order valence-corrected chi connectivity index (χ3v) is 6.28. The van der Waals surface area contributed by atoms with Gasteiger partial charge in [0, 0.05) is 17.1 Å². The number of hydrogen-bond donors (Lipinski definition) is 1. The molecule has 21 heavy (non-hydrogen) atoms. The summed E-state index contributed by atoms with van der Waals surface area (Å²) in [7, 11) is 0. The van der Waals surface area contributed by atoms with Crippen LogP contribution in [0.25, 0.3) is 0 Å². The molecule has 1 heterocycles. The third-order valence-electron chi connectivity index (χ3n) is 2.99. The summed E-state index contributed by atoms with van der Waals surface area (Å²) in [5.74, 6) is 2.94. The lowest BCUT2D eigenvalue weighted by atomic mass is 10.2. The smallest absolute Gasteiger partial charge is 0.242 e. The Morgan fingerprint density at radius 1 is 1.43 bits per heavy atom. The molecule has 0 unspecified atom stereocenters. The number of carbonyl (C=O) groups excluding carboxylic acids is 1. The van der Waals surface area contributed by atoms with Crippen LogP contribution in [0.5, 0.6) is 5.75 Å². The Balaban J connectivity index is 1.88. The number of para-hydroxylation sites is 1. The highest BCUT2D eigenvalue weighted by molar-refractivity contribution is 8.21. The SMILES string of the molecule is CCOc1ccccc1/C=N\NC(=O)CC1(C)SCCS1. The van der Waals surface area contributed by atoms with E-state index in [9.17, 15) is 4.79 Å². The van der Waals surface area contributed by atoms with Gasteiger partial charge in [-0.3, -0.25) is 4.79 Å². The number of hydrogen-bond acceptors (Lipinski definition) is 5. The van der Waals surface area contributed by atoms with Crippen LogP contribution in [0, 0.1) is 0 Å². The first-order valence-corrected chi connectivity index (χ1v) is 8.92. The van der Waals surface area contributed by atoms with Gasteiger partial charge in [-0.2, -0.15) is 5.10 Å². The minimum Gasteiger partial charge on any atom is -0.493 e. The van der Waals surface area contributed by atoms with Crippen molar-refractivity contribution in [2.75, 3.05) is 18.1 Å². The zero-order valence-corrected chi connectivity index (χ0v) is 13.9. The first-order chi connectivity index (χ1) is 10.1. The van der Waals surface area contributed by atoms with Gasteiger partial charge in [0.1, 0.15) is 5.75 Å². The number of rotatable bonds is 6. The van der Waals surface area contributed by atoms with E-state index < -0.39 is 0 Å². The fourth-order valence-corrected chi connectivity index (χ4v) is 4.87. The zero-order valence-electron chi connectivity index (χ0n) is 12.3. The van der Waals surface area contributed by atoms with Crippen molar-refractivity contribution in [2.45, 2.75) is 24.3 Å². The Hall–Kier alpha value is -1.14. The van der Waals surface area contributed by atoms with E-state index in [-0.39, 0.29) is 9.99 Å². The number of nitrogens with zero attached hydrogens (tertiary/aromatic N) is 1. The minimum absolute atomic E-state index is 0.0111. The van der Waals surface area contributed by atoms with Crippen molar-refractivity contribution in [1.82, 2.24) is 5.43 Å². The maximum atomic E-state index is 11.9. The number of nitrogens with one attached hydrogen (secondary N) is 1. The van der Waals surface area contributed by atoms with Crippen LogP contribution >= 0.6 is 23.5 Å². The molecule has 0 aromatic heterocycles. The van der Waals surface area contributed by atoms with E-state index in [0.29, 0.717) is 13.0 Å². The molecular formula is C15H20N2O2S2. The molecule has 4 nitrogen and oxygen atoms in total.